The molecule has 0 fully saturated rings. The molecule has 0 spiro atoms. The number of ether oxygens (including phenoxy) is 1. The summed E-state index contributed by atoms with van der Waals surface area (Å²) >= 11 is 5.22. The van der Waals surface area contributed by atoms with Crippen molar-refractivity contribution in [1.82, 2.24) is 5.32 Å². The van der Waals surface area contributed by atoms with Gasteiger partial charge in [0.15, 0.2) is 0 Å². The smallest absolute Gasteiger partial charge is 0.0701 e. The van der Waals surface area contributed by atoms with Crippen molar-refractivity contribution < 1.29 is 4.74 Å². The van der Waals surface area contributed by atoms with Crippen LogP contribution in [0.4, 0.5) is 0 Å². The molecule has 0 atom stereocenters. The second-order valence-electron chi connectivity index (χ2n) is 2.92. The first-order valence-corrected chi connectivity index (χ1v) is 6.46. The Hall–Kier alpha value is 0.1000. The van der Waals surface area contributed by atoms with Crippen molar-refractivity contribution in [1.29, 1.82) is 0 Å². The van der Waals surface area contributed by atoms with Gasteiger partial charge >= 0.3 is 0 Å². The summed E-state index contributed by atoms with van der Waals surface area (Å²) in [5, 5.41) is 3.22. The first kappa shape index (κ1) is 12.2. The fraction of sp³-hybridized carbons (Fsp3) is 0.600. The van der Waals surface area contributed by atoms with Gasteiger partial charge < -0.3 is 10.1 Å². The summed E-state index contributed by atoms with van der Waals surface area (Å²) < 4.78 is 6.67. The quantitative estimate of drug-likeness (QED) is 0.774. The number of likely N-dealkylation sites (N-methyl/N-ethyl adjacent to an activating group) is 1. The number of rotatable bonds is 7. The van der Waals surface area contributed by atoms with Crippen LogP contribution in [0.3, 0.4) is 0 Å². The van der Waals surface area contributed by atoms with Crippen molar-refractivity contribution in [3.63, 3.8) is 0 Å². The molecule has 80 valence electrons. The van der Waals surface area contributed by atoms with Crippen LogP contribution in [0, 0.1) is 0 Å². The van der Waals surface area contributed by atoms with E-state index >= 15 is 0 Å². The molecule has 0 saturated heterocycles. The molecule has 0 aromatic carbocycles. The monoisotopic (exact) mass is 277 g/mol. The van der Waals surface area contributed by atoms with Gasteiger partial charge in [-0.25, -0.2) is 0 Å². The van der Waals surface area contributed by atoms with Crippen molar-refractivity contribution in [2.45, 2.75) is 13.3 Å². The Bertz CT molecular complexity index is 252. The van der Waals surface area contributed by atoms with Gasteiger partial charge in [-0.15, -0.1) is 11.3 Å². The van der Waals surface area contributed by atoms with E-state index < -0.39 is 0 Å². The molecule has 14 heavy (non-hydrogen) atoms. The maximum Gasteiger partial charge on any atom is 0.0701 e. The average Bonchev–Trinajstić information content (AvgIpc) is 2.58. The topological polar surface area (TPSA) is 21.3 Å². The Morgan fingerprint density at radius 2 is 2.29 bits per heavy atom. The highest BCUT2D eigenvalue weighted by Gasteiger charge is 1.97. The van der Waals surface area contributed by atoms with Crippen molar-refractivity contribution in [2.75, 3.05) is 26.3 Å². The largest absolute Gasteiger partial charge is 0.380 e. The lowest BCUT2D eigenvalue weighted by molar-refractivity contribution is 0.140. The van der Waals surface area contributed by atoms with Gasteiger partial charge in [-0.05, 0) is 34.6 Å². The van der Waals surface area contributed by atoms with Crippen molar-refractivity contribution in [2.24, 2.45) is 0 Å². The number of nitrogens with one attached hydrogen (secondary N) is 1. The summed E-state index contributed by atoms with van der Waals surface area (Å²) in [5.41, 5.74) is 0. The van der Waals surface area contributed by atoms with E-state index in [9.17, 15) is 0 Å². The third kappa shape index (κ3) is 5.10. The number of hydrogen-bond acceptors (Lipinski definition) is 3. The molecular weight excluding hydrogens is 262 g/mol. The van der Waals surface area contributed by atoms with Gasteiger partial charge in [0.1, 0.15) is 0 Å². The molecule has 0 unspecified atom stereocenters. The molecule has 0 aliphatic heterocycles. The molecule has 1 heterocycles. The van der Waals surface area contributed by atoms with Crippen LogP contribution in [0.1, 0.15) is 11.8 Å². The van der Waals surface area contributed by atoms with Crippen molar-refractivity contribution in [3.05, 3.63) is 20.8 Å². The van der Waals surface area contributed by atoms with Gasteiger partial charge in [0.25, 0.3) is 0 Å². The molecule has 0 bridgehead atoms. The molecule has 1 aromatic heterocycles. The van der Waals surface area contributed by atoms with Crippen LogP contribution in [-0.2, 0) is 11.2 Å². The Morgan fingerprint density at radius 3 is 2.93 bits per heavy atom. The Labute approximate surface area is 97.8 Å². The Balaban J connectivity index is 1.99. The SMILES string of the molecule is CCNCCOCCc1ccc(Br)s1. The highest BCUT2D eigenvalue weighted by molar-refractivity contribution is 9.11. The van der Waals surface area contributed by atoms with Crippen molar-refractivity contribution in [3.8, 4) is 0 Å². The lowest BCUT2D eigenvalue weighted by Gasteiger charge is -2.03. The zero-order valence-electron chi connectivity index (χ0n) is 8.38. The fourth-order valence-electron chi connectivity index (χ4n) is 1.08. The van der Waals surface area contributed by atoms with E-state index in [0.717, 1.165) is 32.7 Å². The normalized spacial score (nSPS) is 10.7. The predicted octanol–water partition coefficient (Wildman–Crippen LogP) is 2.68. The molecule has 0 radical (unpaired) electrons. The molecule has 0 aliphatic rings. The summed E-state index contributed by atoms with van der Waals surface area (Å²) in [6, 6.07) is 4.22. The maximum atomic E-state index is 5.48. The molecule has 1 N–H and O–H groups in total. The maximum absolute atomic E-state index is 5.48. The van der Waals surface area contributed by atoms with E-state index in [1.165, 1.54) is 8.66 Å². The highest BCUT2D eigenvalue weighted by atomic mass is 79.9. The van der Waals surface area contributed by atoms with E-state index in [2.05, 4.69) is 40.3 Å². The molecule has 4 heteroatoms. The zero-order valence-corrected chi connectivity index (χ0v) is 10.8. The Morgan fingerprint density at radius 1 is 1.43 bits per heavy atom. The zero-order chi connectivity index (χ0) is 10.2. The summed E-state index contributed by atoms with van der Waals surface area (Å²) in [4.78, 5) is 1.38. The lowest BCUT2D eigenvalue weighted by atomic mass is 10.4. The van der Waals surface area contributed by atoms with Gasteiger partial charge in [-0.3, -0.25) is 0 Å². The lowest BCUT2D eigenvalue weighted by Crippen LogP contribution is -2.19. The number of hydrogen-bond donors (Lipinski definition) is 1. The molecular formula is C10H16BrNOS. The van der Waals surface area contributed by atoms with Gasteiger partial charge in [-0.2, -0.15) is 0 Å². The van der Waals surface area contributed by atoms with Gasteiger partial charge in [0.2, 0.25) is 0 Å². The fourth-order valence-corrected chi connectivity index (χ4v) is 2.55. The van der Waals surface area contributed by atoms with Gasteiger partial charge in [0, 0.05) is 17.8 Å². The van der Waals surface area contributed by atoms with Crippen LogP contribution in [-0.4, -0.2) is 26.3 Å². The van der Waals surface area contributed by atoms with Crippen LogP contribution in [0.5, 0.6) is 0 Å². The second kappa shape index (κ2) is 7.40. The average molecular weight is 278 g/mol. The number of halogens is 1. The van der Waals surface area contributed by atoms with Crippen molar-refractivity contribution >= 4 is 27.3 Å². The van der Waals surface area contributed by atoms with E-state index in [1.807, 2.05) is 0 Å². The summed E-state index contributed by atoms with van der Waals surface area (Å²) in [5.74, 6) is 0. The standard InChI is InChI=1S/C10H16BrNOS/c1-2-12-6-8-13-7-5-9-3-4-10(11)14-9/h3-4,12H,2,5-8H2,1H3. The summed E-state index contributed by atoms with van der Waals surface area (Å²) in [6.07, 6.45) is 1.02. The summed E-state index contributed by atoms with van der Waals surface area (Å²) in [6.45, 7) is 5.69. The molecule has 0 aliphatic carbocycles. The Kier molecular flexibility index (Phi) is 6.43. The second-order valence-corrected chi connectivity index (χ2v) is 5.47. The van der Waals surface area contributed by atoms with E-state index in [-0.39, 0.29) is 0 Å². The third-order valence-corrected chi connectivity index (χ3v) is 3.48. The first-order chi connectivity index (χ1) is 6.83. The molecule has 0 amide bonds. The summed E-state index contributed by atoms with van der Waals surface area (Å²) in [7, 11) is 0. The van der Waals surface area contributed by atoms with E-state index in [1.54, 1.807) is 11.3 Å². The highest BCUT2D eigenvalue weighted by Crippen LogP contribution is 2.22. The van der Waals surface area contributed by atoms with Crippen LogP contribution < -0.4 is 5.32 Å². The predicted molar refractivity (Wildman–Crippen MR) is 65.1 cm³/mol. The van der Waals surface area contributed by atoms with Crippen LogP contribution in [0.15, 0.2) is 15.9 Å². The molecule has 1 rings (SSSR count). The van der Waals surface area contributed by atoms with Crippen LogP contribution >= 0.6 is 27.3 Å². The van der Waals surface area contributed by atoms with Crippen LogP contribution in [0.25, 0.3) is 0 Å². The number of thiophene rings is 1. The molecule has 0 saturated carbocycles. The van der Waals surface area contributed by atoms with E-state index in [0.29, 0.717) is 0 Å². The molecule has 1 aromatic rings. The van der Waals surface area contributed by atoms with Gasteiger partial charge in [0.05, 0.1) is 17.0 Å². The third-order valence-electron chi connectivity index (χ3n) is 1.79. The first-order valence-electron chi connectivity index (χ1n) is 4.85. The van der Waals surface area contributed by atoms with Crippen LogP contribution in [0.2, 0.25) is 0 Å². The van der Waals surface area contributed by atoms with Gasteiger partial charge in [-0.1, -0.05) is 6.92 Å². The minimum Gasteiger partial charge on any atom is -0.380 e. The minimum atomic E-state index is 0.806. The van der Waals surface area contributed by atoms with E-state index in [4.69, 9.17) is 4.74 Å². The minimum absolute atomic E-state index is 0.806. The molecule has 2 nitrogen and oxygen atoms in total.